The molecule has 0 aromatic heterocycles. The van der Waals surface area contributed by atoms with Gasteiger partial charge in [-0.05, 0) is 23.5 Å². The largest absolute Gasteiger partial charge is 0.357 e. The fraction of sp³-hybridized carbons (Fsp3) is 0.391. The van der Waals surface area contributed by atoms with Crippen molar-refractivity contribution in [2.24, 2.45) is 11.7 Å². The first-order valence-corrected chi connectivity index (χ1v) is 11.9. The maximum atomic E-state index is 13.5. The lowest BCUT2D eigenvalue weighted by molar-refractivity contribution is -0.136. The van der Waals surface area contributed by atoms with E-state index in [4.69, 9.17) is 5.73 Å². The Bertz CT molecular complexity index is 963. The van der Waals surface area contributed by atoms with Crippen molar-refractivity contribution >= 4 is 21.8 Å². The number of carbonyl (C=O) groups excluding carboxylic acids is 2. The molecule has 2 amide bonds. The van der Waals surface area contributed by atoms with Gasteiger partial charge in [0.25, 0.3) is 5.91 Å². The third-order valence-electron chi connectivity index (χ3n) is 4.86. The molecule has 0 spiro atoms. The molecule has 0 fully saturated rings. The Morgan fingerprint density at radius 2 is 1.48 bits per heavy atom. The number of nitrogens with zero attached hydrogens (tertiary/aromatic N) is 1. The lowest BCUT2D eigenvalue weighted by Gasteiger charge is -2.32. The molecule has 0 heterocycles. The minimum atomic E-state index is -4.19. The third-order valence-corrected chi connectivity index (χ3v) is 6.59. The number of hydrogen-bond donors (Lipinski definition) is 2. The van der Waals surface area contributed by atoms with Crippen LogP contribution < -0.4 is 11.1 Å². The van der Waals surface area contributed by atoms with Crippen LogP contribution in [0.5, 0.6) is 0 Å². The van der Waals surface area contributed by atoms with E-state index in [9.17, 15) is 18.0 Å². The van der Waals surface area contributed by atoms with E-state index >= 15 is 0 Å². The van der Waals surface area contributed by atoms with Crippen molar-refractivity contribution < 1.29 is 18.0 Å². The Balaban J connectivity index is 2.51. The van der Waals surface area contributed by atoms with E-state index in [1.807, 2.05) is 19.9 Å². The van der Waals surface area contributed by atoms with Crippen molar-refractivity contribution in [2.75, 3.05) is 7.05 Å². The van der Waals surface area contributed by atoms with Crippen LogP contribution in [0.15, 0.2) is 60.7 Å². The number of nitrogens with two attached hydrogens (primary N) is 1. The molecule has 0 bridgehead atoms. The van der Waals surface area contributed by atoms with Gasteiger partial charge >= 0.3 is 0 Å². The molecular weight excluding hydrogens is 414 g/mol. The van der Waals surface area contributed by atoms with Gasteiger partial charge in [0.2, 0.25) is 15.9 Å². The number of amides is 2. The average Bonchev–Trinajstić information content (AvgIpc) is 2.73. The summed E-state index contributed by atoms with van der Waals surface area (Å²) >= 11 is 0. The van der Waals surface area contributed by atoms with E-state index in [0.717, 1.165) is 5.56 Å². The van der Waals surface area contributed by atoms with E-state index in [-0.39, 0.29) is 12.3 Å². The van der Waals surface area contributed by atoms with Crippen molar-refractivity contribution in [3.8, 4) is 0 Å². The molecule has 8 heteroatoms. The van der Waals surface area contributed by atoms with Gasteiger partial charge in [-0.25, -0.2) is 12.7 Å². The first kappa shape index (κ1) is 24.6. The second-order valence-corrected chi connectivity index (χ2v) is 9.78. The van der Waals surface area contributed by atoms with Crippen LogP contribution in [0, 0.1) is 5.92 Å². The van der Waals surface area contributed by atoms with Crippen molar-refractivity contribution in [1.82, 2.24) is 9.62 Å². The van der Waals surface area contributed by atoms with Crippen molar-refractivity contribution in [1.29, 1.82) is 0 Å². The van der Waals surface area contributed by atoms with E-state index in [2.05, 4.69) is 5.32 Å². The van der Waals surface area contributed by atoms with Gasteiger partial charge < -0.3 is 11.1 Å². The summed E-state index contributed by atoms with van der Waals surface area (Å²) in [6.45, 7) is 3.80. The highest BCUT2D eigenvalue weighted by molar-refractivity contribution is 7.88. The molecular formula is C23H31N3O4S. The molecule has 2 rings (SSSR count). The fourth-order valence-corrected chi connectivity index (χ4v) is 5.12. The topological polar surface area (TPSA) is 110 Å². The van der Waals surface area contributed by atoms with E-state index in [1.165, 1.54) is 7.05 Å². The Hall–Kier alpha value is -2.71. The maximum Gasteiger partial charge on any atom is 0.253 e. The quantitative estimate of drug-likeness (QED) is 0.582. The number of rotatable bonds is 10. The van der Waals surface area contributed by atoms with Crippen LogP contribution in [-0.2, 0) is 31.8 Å². The second-order valence-electron chi connectivity index (χ2n) is 7.93. The lowest BCUT2D eigenvalue weighted by Crippen LogP contribution is -2.57. The maximum absolute atomic E-state index is 13.5. The monoisotopic (exact) mass is 445 g/mol. The number of likely N-dealkylation sites (N-methyl/N-ethyl adjacent to an activating group) is 1. The molecule has 3 N–H and O–H groups in total. The lowest BCUT2D eigenvalue weighted by atomic mass is 10.0. The van der Waals surface area contributed by atoms with Crippen LogP contribution in [0.25, 0.3) is 0 Å². The van der Waals surface area contributed by atoms with Gasteiger partial charge in [-0.3, -0.25) is 9.59 Å². The number of sulfonamides is 1. The van der Waals surface area contributed by atoms with Crippen LogP contribution in [0.4, 0.5) is 0 Å². The van der Waals surface area contributed by atoms with Crippen molar-refractivity contribution in [3.63, 3.8) is 0 Å². The SMILES string of the molecule is CNC(=O)[C@H](Cc1ccccc1)N(C(=O)[C@@H](N)CC(C)C)S(=O)(=O)Cc1ccccc1. The molecule has 31 heavy (non-hydrogen) atoms. The zero-order chi connectivity index (χ0) is 23.0. The molecule has 2 aromatic rings. The zero-order valence-electron chi connectivity index (χ0n) is 18.2. The normalized spacial score (nSPS) is 13.5. The minimum absolute atomic E-state index is 0.0503. The van der Waals surface area contributed by atoms with Crippen LogP contribution in [0.2, 0.25) is 0 Å². The predicted molar refractivity (Wildman–Crippen MR) is 121 cm³/mol. The van der Waals surface area contributed by atoms with Gasteiger partial charge in [-0.15, -0.1) is 0 Å². The summed E-state index contributed by atoms with van der Waals surface area (Å²) in [5, 5.41) is 2.50. The molecule has 0 saturated heterocycles. The van der Waals surface area contributed by atoms with Crippen molar-refractivity contribution in [2.45, 2.75) is 44.5 Å². The number of nitrogens with one attached hydrogen (secondary N) is 1. The Morgan fingerprint density at radius 3 is 1.97 bits per heavy atom. The molecule has 0 unspecified atom stereocenters. The van der Waals surface area contributed by atoms with E-state index in [0.29, 0.717) is 16.3 Å². The molecule has 0 aliphatic carbocycles. The summed E-state index contributed by atoms with van der Waals surface area (Å²) in [7, 11) is -2.77. The predicted octanol–water partition coefficient (Wildman–Crippen LogP) is 2.08. The van der Waals surface area contributed by atoms with Crippen LogP contribution in [0.1, 0.15) is 31.4 Å². The molecule has 0 aliphatic rings. The summed E-state index contributed by atoms with van der Waals surface area (Å²) in [6, 6.07) is 15.3. The summed E-state index contributed by atoms with van der Waals surface area (Å²) in [5.41, 5.74) is 7.35. The zero-order valence-corrected chi connectivity index (χ0v) is 19.0. The minimum Gasteiger partial charge on any atom is -0.357 e. The highest BCUT2D eigenvalue weighted by atomic mass is 32.2. The third kappa shape index (κ3) is 6.90. The molecule has 168 valence electrons. The van der Waals surface area contributed by atoms with Gasteiger partial charge in [0.05, 0.1) is 11.8 Å². The van der Waals surface area contributed by atoms with E-state index < -0.39 is 39.7 Å². The molecule has 0 radical (unpaired) electrons. The van der Waals surface area contributed by atoms with Gasteiger partial charge in [0.15, 0.2) is 0 Å². The molecule has 0 aliphatic heterocycles. The van der Waals surface area contributed by atoms with Crippen LogP contribution in [-0.4, -0.2) is 43.7 Å². The molecule has 2 atom stereocenters. The number of hydrogen-bond acceptors (Lipinski definition) is 5. The molecule has 2 aromatic carbocycles. The standard InChI is InChI=1S/C23H31N3O4S/c1-17(2)14-20(24)23(28)26(31(29,30)16-19-12-8-5-9-13-19)21(22(27)25-3)15-18-10-6-4-7-11-18/h4-13,17,20-21H,14-16,24H2,1-3H3,(H,25,27)/t20-,21-/m0/s1. The van der Waals surface area contributed by atoms with Gasteiger partial charge in [0.1, 0.15) is 6.04 Å². The van der Waals surface area contributed by atoms with E-state index in [1.54, 1.807) is 54.6 Å². The Kier molecular flexibility index (Phi) is 8.76. The van der Waals surface area contributed by atoms with Gasteiger partial charge in [-0.2, -0.15) is 0 Å². The Morgan fingerprint density at radius 1 is 0.968 bits per heavy atom. The van der Waals surface area contributed by atoms with Crippen molar-refractivity contribution in [3.05, 3.63) is 71.8 Å². The first-order chi connectivity index (χ1) is 14.7. The highest BCUT2D eigenvalue weighted by Crippen LogP contribution is 2.20. The molecule has 7 nitrogen and oxygen atoms in total. The number of carbonyl (C=O) groups is 2. The van der Waals surface area contributed by atoms with Crippen LogP contribution in [0.3, 0.4) is 0 Å². The fourth-order valence-electron chi connectivity index (χ4n) is 3.40. The molecule has 0 saturated carbocycles. The summed E-state index contributed by atoms with van der Waals surface area (Å²) in [6.07, 6.45) is 0.358. The smallest absolute Gasteiger partial charge is 0.253 e. The van der Waals surface area contributed by atoms with Gasteiger partial charge in [-0.1, -0.05) is 74.5 Å². The summed E-state index contributed by atoms with van der Waals surface area (Å²) < 4.78 is 27.6. The summed E-state index contributed by atoms with van der Waals surface area (Å²) in [5.74, 6) is -1.65. The van der Waals surface area contributed by atoms with Crippen LogP contribution >= 0.6 is 0 Å². The van der Waals surface area contributed by atoms with Gasteiger partial charge in [0, 0.05) is 13.5 Å². The first-order valence-electron chi connectivity index (χ1n) is 10.3. The Labute approximate surface area is 184 Å². The second kappa shape index (κ2) is 11.1. The number of benzene rings is 2. The highest BCUT2D eigenvalue weighted by Gasteiger charge is 2.40. The average molecular weight is 446 g/mol. The summed E-state index contributed by atoms with van der Waals surface area (Å²) in [4.78, 5) is 26.1.